The molecule has 2 N–H and O–H groups in total. The van der Waals surface area contributed by atoms with Crippen LogP contribution in [0.5, 0.6) is 0 Å². The van der Waals surface area contributed by atoms with E-state index in [1.54, 1.807) is 0 Å². The molecule has 8 heteroatoms. The molecule has 18 heavy (non-hydrogen) atoms. The summed E-state index contributed by atoms with van der Waals surface area (Å²) in [5.74, 6) is -6.61. The SMILES string of the molecule is O=C(O)CSCC(=O)Nc1cc(F)c(F)c(F)c1. The topological polar surface area (TPSA) is 66.4 Å². The highest BCUT2D eigenvalue weighted by atomic mass is 32.2. The molecule has 0 radical (unpaired) electrons. The largest absolute Gasteiger partial charge is 0.481 e. The highest BCUT2D eigenvalue weighted by Crippen LogP contribution is 2.17. The minimum atomic E-state index is -1.62. The molecule has 0 heterocycles. The maximum atomic E-state index is 12.8. The molecule has 0 bridgehead atoms. The third-order valence-electron chi connectivity index (χ3n) is 1.73. The lowest BCUT2D eigenvalue weighted by molar-refractivity contribution is -0.133. The number of nitrogens with one attached hydrogen (secondary N) is 1. The molecule has 1 rings (SSSR count). The summed E-state index contributed by atoms with van der Waals surface area (Å²) in [6.45, 7) is 0. The highest BCUT2D eigenvalue weighted by Gasteiger charge is 2.12. The summed E-state index contributed by atoms with van der Waals surface area (Å²) in [4.78, 5) is 21.4. The normalized spacial score (nSPS) is 10.2. The number of rotatable bonds is 5. The third-order valence-corrected chi connectivity index (χ3v) is 2.64. The quantitative estimate of drug-likeness (QED) is 0.807. The van der Waals surface area contributed by atoms with Crippen molar-refractivity contribution in [3.63, 3.8) is 0 Å². The summed E-state index contributed by atoms with van der Waals surface area (Å²) >= 11 is 0.827. The van der Waals surface area contributed by atoms with Crippen molar-refractivity contribution in [2.24, 2.45) is 0 Å². The number of carbonyl (C=O) groups is 2. The minimum Gasteiger partial charge on any atom is -0.481 e. The van der Waals surface area contributed by atoms with Crippen molar-refractivity contribution in [1.29, 1.82) is 0 Å². The van der Waals surface area contributed by atoms with Gasteiger partial charge in [0.25, 0.3) is 0 Å². The Kier molecular flexibility index (Phi) is 5.02. The van der Waals surface area contributed by atoms with Gasteiger partial charge in [0, 0.05) is 17.8 Å². The molecule has 0 spiro atoms. The van der Waals surface area contributed by atoms with Crippen LogP contribution in [0.2, 0.25) is 0 Å². The smallest absolute Gasteiger partial charge is 0.313 e. The minimum absolute atomic E-state index is 0.188. The van der Waals surface area contributed by atoms with E-state index in [-0.39, 0.29) is 17.2 Å². The van der Waals surface area contributed by atoms with E-state index >= 15 is 0 Å². The Morgan fingerprint density at radius 3 is 2.22 bits per heavy atom. The molecular weight excluding hydrogens is 271 g/mol. The monoisotopic (exact) mass is 279 g/mol. The molecule has 0 fully saturated rings. The summed E-state index contributed by atoms with van der Waals surface area (Å²) in [6, 6.07) is 1.27. The Hall–Kier alpha value is -1.70. The standard InChI is InChI=1S/C10H8F3NO3S/c11-6-1-5(2-7(12)10(6)13)14-8(15)3-18-4-9(16)17/h1-2H,3-4H2,(H,14,15)(H,16,17). The number of carbonyl (C=O) groups excluding carboxylic acids is 1. The molecule has 0 saturated heterocycles. The van der Waals surface area contributed by atoms with Gasteiger partial charge in [-0.1, -0.05) is 0 Å². The van der Waals surface area contributed by atoms with Crippen LogP contribution in [0.3, 0.4) is 0 Å². The number of aliphatic carboxylic acids is 1. The molecule has 0 aliphatic carbocycles. The van der Waals surface area contributed by atoms with Gasteiger partial charge in [-0.3, -0.25) is 9.59 Å². The average Bonchev–Trinajstić information content (AvgIpc) is 2.25. The van der Waals surface area contributed by atoms with Crippen LogP contribution in [0.4, 0.5) is 18.9 Å². The number of halogens is 3. The first kappa shape index (κ1) is 14.4. The summed E-state index contributed by atoms with van der Waals surface area (Å²) in [7, 11) is 0. The maximum Gasteiger partial charge on any atom is 0.313 e. The van der Waals surface area contributed by atoms with Crippen molar-refractivity contribution in [3.8, 4) is 0 Å². The van der Waals surface area contributed by atoms with E-state index in [1.807, 2.05) is 0 Å². The average molecular weight is 279 g/mol. The fraction of sp³-hybridized carbons (Fsp3) is 0.200. The zero-order valence-electron chi connectivity index (χ0n) is 8.87. The molecule has 0 unspecified atom stereocenters. The fourth-order valence-corrected chi connectivity index (χ4v) is 1.59. The van der Waals surface area contributed by atoms with Crippen LogP contribution in [-0.2, 0) is 9.59 Å². The van der Waals surface area contributed by atoms with Gasteiger partial charge in [-0.05, 0) is 0 Å². The second-order valence-electron chi connectivity index (χ2n) is 3.19. The maximum absolute atomic E-state index is 12.8. The van der Waals surface area contributed by atoms with E-state index < -0.39 is 29.3 Å². The van der Waals surface area contributed by atoms with Gasteiger partial charge in [0.1, 0.15) is 0 Å². The molecule has 1 amide bonds. The van der Waals surface area contributed by atoms with Crippen molar-refractivity contribution in [2.75, 3.05) is 16.8 Å². The Morgan fingerprint density at radius 2 is 1.72 bits per heavy atom. The van der Waals surface area contributed by atoms with Crippen molar-refractivity contribution >= 4 is 29.3 Å². The number of thioether (sulfide) groups is 1. The summed E-state index contributed by atoms with van der Waals surface area (Å²) < 4.78 is 38.2. The summed E-state index contributed by atoms with van der Waals surface area (Å²) in [5.41, 5.74) is -0.229. The second-order valence-corrected chi connectivity index (χ2v) is 4.17. The lowest BCUT2D eigenvalue weighted by Crippen LogP contribution is -2.16. The molecule has 1 aromatic carbocycles. The predicted molar refractivity (Wildman–Crippen MR) is 59.9 cm³/mol. The van der Waals surface area contributed by atoms with Gasteiger partial charge in [-0.2, -0.15) is 0 Å². The van der Waals surface area contributed by atoms with Crippen LogP contribution < -0.4 is 5.32 Å². The second kappa shape index (κ2) is 6.29. The lowest BCUT2D eigenvalue weighted by Gasteiger charge is -2.05. The molecule has 4 nitrogen and oxygen atoms in total. The van der Waals surface area contributed by atoms with Crippen LogP contribution in [0, 0.1) is 17.5 Å². The third kappa shape index (κ3) is 4.28. The molecule has 0 aliphatic heterocycles. The Labute approximate surface area is 104 Å². The fourth-order valence-electron chi connectivity index (χ4n) is 1.06. The Morgan fingerprint density at radius 1 is 1.17 bits per heavy atom. The van der Waals surface area contributed by atoms with Gasteiger partial charge in [0.05, 0.1) is 11.5 Å². The molecule has 0 aliphatic rings. The van der Waals surface area contributed by atoms with Gasteiger partial charge in [-0.25, -0.2) is 13.2 Å². The number of amides is 1. The highest BCUT2D eigenvalue weighted by molar-refractivity contribution is 8.00. The Balaban J connectivity index is 2.57. The first-order chi connectivity index (χ1) is 8.40. The van der Waals surface area contributed by atoms with Crippen molar-refractivity contribution in [3.05, 3.63) is 29.6 Å². The van der Waals surface area contributed by atoms with Crippen molar-refractivity contribution < 1.29 is 27.9 Å². The van der Waals surface area contributed by atoms with Gasteiger partial charge in [0.15, 0.2) is 17.5 Å². The van der Waals surface area contributed by atoms with Crippen LogP contribution in [0.15, 0.2) is 12.1 Å². The number of anilines is 1. The van der Waals surface area contributed by atoms with E-state index in [2.05, 4.69) is 5.32 Å². The van der Waals surface area contributed by atoms with E-state index in [0.717, 1.165) is 11.8 Å². The van der Waals surface area contributed by atoms with E-state index in [4.69, 9.17) is 5.11 Å². The predicted octanol–water partition coefficient (Wildman–Crippen LogP) is 1.86. The molecule has 0 saturated carbocycles. The zero-order valence-corrected chi connectivity index (χ0v) is 9.69. The van der Waals surface area contributed by atoms with E-state index in [1.165, 1.54) is 0 Å². The molecule has 0 atom stereocenters. The molecular formula is C10H8F3NO3S. The summed E-state index contributed by atoms with van der Waals surface area (Å²) in [5, 5.41) is 10.5. The summed E-state index contributed by atoms with van der Waals surface area (Å²) in [6.07, 6.45) is 0. The lowest BCUT2D eigenvalue weighted by atomic mass is 10.3. The van der Waals surface area contributed by atoms with E-state index in [9.17, 15) is 22.8 Å². The number of carboxylic acids is 1. The van der Waals surface area contributed by atoms with Crippen LogP contribution >= 0.6 is 11.8 Å². The van der Waals surface area contributed by atoms with Crippen LogP contribution in [-0.4, -0.2) is 28.5 Å². The number of hydrogen-bond donors (Lipinski definition) is 2. The molecule has 0 aromatic heterocycles. The van der Waals surface area contributed by atoms with Gasteiger partial charge in [0.2, 0.25) is 5.91 Å². The zero-order chi connectivity index (χ0) is 13.7. The first-order valence-electron chi connectivity index (χ1n) is 4.64. The van der Waals surface area contributed by atoms with Crippen LogP contribution in [0.1, 0.15) is 0 Å². The Bertz CT molecular complexity index is 458. The van der Waals surface area contributed by atoms with Gasteiger partial charge < -0.3 is 10.4 Å². The van der Waals surface area contributed by atoms with Crippen molar-refractivity contribution in [2.45, 2.75) is 0 Å². The first-order valence-corrected chi connectivity index (χ1v) is 5.79. The number of carboxylic acid groups (broad SMARTS) is 1. The van der Waals surface area contributed by atoms with Crippen molar-refractivity contribution in [1.82, 2.24) is 0 Å². The van der Waals surface area contributed by atoms with Gasteiger partial charge >= 0.3 is 5.97 Å². The number of benzene rings is 1. The molecule has 98 valence electrons. The molecule has 1 aromatic rings. The van der Waals surface area contributed by atoms with Gasteiger partial charge in [-0.15, -0.1) is 11.8 Å². The van der Waals surface area contributed by atoms with Crippen LogP contribution in [0.25, 0.3) is 0 Å². The number of hydrogen-bond acceptors (Lipinski definition) is 3. The van der Waals surface area contributed by atoms with E-state index in [0.29, 0.717) is 12.1 Å².